The summed E-state index contributed by atoms with van der Waals surface area (Å²) in [5.74, 6) is 0. The first-order valence-corrected chi connectivity index (χ1v) is 8.99. The van der Waals surface area contributed by atoms with Crippen molar-refractivity contribution in [1.29, 1.82) is 0 Å². The molecule has 1 aliphatic heterocycles. The highest BCUT2D eigenvalue weighted by molar-refractivity contribution is 7.71. The Balaban J connectivity index is 2.10. The molecule has 134 valence electrons. The Morgan fingerprint density at radius 3 is 3.04 bits per heavy atom. The molecule has 6 nitrogen and oxygen atoms in total. The molecular weight excluding hydrogens is 346 g/mol. The molecule has 2 heterocycles. The van der Waals surface area contributed by atoms with Crippen LogP contribution in [-0.4, -0.2) is 41.8 Å². The van der Waals surface area contributed by atoms with Crippen molar-refractivity contribution in [2.45, 2.75) is 25.4 Å². The van der Waals surface area contributed by atoms with Crippen molar-refractivity contribution >= 4 is 31.4 Å². The molecule has 0 bridgehead atoms. The molecule has 1 aromatic heterocycles. The molecular formula is C19H21N5OS. The molecule has 0 fully saturated rings. The number of hydrogen-bond acceptors (Lipinski definition) is 5. The largest absolute Gasteiger partial charge is 0.318 e. The highest BCUT2D eigenvalue weighted by Gasteiger charge is 2.17. The predicted octanol–water partition coefficient (Wildman–Crippen LogP) is 3.25. The molecule has 1 unspecified atom stereocenters. The fourth-order valence-electron chi connectivity index (χ4n) is 3.10. The van der Waals surface area contributed by atoms with Gasteiger partial charge < -0.3 is 9.56 Å². The average Bonchev–Trinajstić information content (AvgIpc) is 2.92. The summed E-state index contributed by atoms with van der Waals surface area (Å²) in [6, 6.07) is 9.64. The fraction of sp³-hybridized carbons (Fsp3) is 0.316. The number of rotatable bonds is 6. The summed E-state index contributed by atoms with van der Waals surface area (Å²) in [5, 5.41) is 0. The molecule has 0 radical (unpaired) electrons. The zero-order valence-electron chi connectivity index (χ0n) is 14.5. The van der Waals surface area contributed by atoms with Crippen LogP contribution in [0.25, 0.3) is 11.3 Å². The van der Waals surface area contributed by atoms with Crippen LogP contribution in [-0.2, 0) is 6.54 Å². The summed E-state index contributed by atoms with van der Waals surface area (Å²) in [6.07, 6.45) is 5.11. The number of hydrogen-bond donors (Lipinski definition) is 1. The standard InChI is InChI=1S/C19H21N5OS/c1-20-8-4-12-24-17(13-18(25)23-19(24)26)15-6-3-2-5-14(15)16-7-9-21-10-11-22-16/h2-3,5-6,10-11,13,16H,1,4,7-9,12H2,(H,23,25,26). The van der Waals surface area contributed by atoms with Gasteiger partial charge in [0.2, 0.25) is 0 Å². The van der Waals surface area contributed by atoms with Crippen molar-refractivity contribution < 1.29 is 0 Å². The minimum Gasteiger partial charge on any atom is -0.318 e. The van der Waals surface area contributed by atoms with E-state index in [-0.39, 0.29) is 11.6 Å². The van der Waals surface area contributed by atoms with Gasteiger partial charge in [0, 0.05) is 43.7 Å². The number of H-pyrrole nitrogens is 1. The molecule has 0 aliphatic carbocycles. The van der Waals surface area contributed by atoms with Crippen LogP contribution >= 0.6 is 12.2 Å². The van der Waals surface area contributed by atoms with Crippen LogP contribution in [0.1, 0.15) is 24.4 Å². The quantitative estimate of drug-likeness (QED) is 0.483. The van der Waals surface area contributed by atoms with Crippen LogP contribution in [0.2, 0.25) is 0 Å². The van der Waals surface area contributed by atoms with Crippen molar-refractivity contribution in [3.05, 3.63) is 51.0 Å². The molecule has 1 atom stereocenters. The zero-order chi connectivity index (χ0) is 18.4. The van der Waals surface area contributed by atoms with Gasteiger partial charge in [0.15, 0.2) is 4.77 Å². The van der Waals surface area contributed by atoms with Crippen molar-refractivity contribution in [1.82, 2.24) is 9.55 Å². The van der Waals surface area contributed by atoms with Crippen LogP contribution in [0.5, 0.6) is 0 Å². The van der Waals surface area contributed by atoms with Crippen LogP contribution in [0.3, 0.4) is 0 Å². The normalized spacial score (nSPS) is 16.4. The van der Waals surface area contributed by atoms with Crippen molar-refractivity contribution in [3.63, 3.8) is 0 Å². The molecule has 1 aliphatic rings. The average molecular weight is 367 g/mol. The van der Waals surface area contributed by atoms with Crippen molar-refractivity contribution in [2.24, 2.45) is 15.0 Å². The Morgan fingerprint density at radius 2 is 2.19 bits per heavy atom. The molecule has 0 saturated carbocycles. The molecule has 0 amide bonds. The Morgan fingerprint density at radius 1 is 1.35 bits per heavy atom. The molecule has 7 heteroatoms. The Hall–Kier alpha value is -2.67. The van der Waals surface area contributed by atoms with Gasteiger partial charge >= 0.3 is 0 Å². The number of aliphatic imine (C=N–C) groups is 3. The van der Waals surface area contributed by atoms with Crippen LogP contribution in [0.15, 0.2) is 50.1 Å². The van der Waals surface area contributed by atoms with Crippen molar-refractivity contribution in [2.75, 3.05) is 13.1 Å². The number of nitrogens with zero attached hydrogens (tertiary/aromatic N) is 4. The fourth-order valence-corrected chi connectivity index (χ4v) is 3.39. The van der Waals surface area contributed by atoms with Crippen LogP contribution in [0.4, 0.5) is 0 Å². The molecule has 0 spiro atoms. The number of nitrogens with one attached hydrogen (secondary N) is 1. The van der Waals surface area contributed by atoms with Gasteiger partial charge in [-0.25, -0.2) is 0 Å². The molecule has 26 heavy (non-hydrogen) atoms. The lowest BCUT2D eigenvalue weighted by atomic mass is 9.96. The number of aromatic amines is 1. The monoisotopic (exact) mass is 367 g/mol. The second-order valence-electron chi connectivity index (χ2n) is 6.02. The van der Waals surface area contributed by atoms with E-state index >= 15 is 0 Å². The Kier molecular flexibility index (Phi) is 6.01. The van der Waals surface area contributed by atoms with E-state index < -0.39 is 0 Å². The van der Waals surface area contributed by atoms with Gasteiger partial charge in [-0.05, 0) is 37.3 Å². The predicted molar refractivity (Wildman–Crippen MR) is 110 cm³/mol. The summed E-state index contributed by atoms with van der Waals surface area (Å²) in [5.41, 5.74) is 2.65. The Bertz CT molecular complexity index is 957. The molecule has 1 N–H and O–H groups in total. The van der Waals surface area contributed by atoms with Gasteiger partial charge in [-0.1, -0.05) is 24.3 Å². The minimum atomic E-state index is -0.203. The van der Waals surface area contributed by atoms with E-state index in [0.29, 0.717) is 17.9 Å². The van der Waals surface area contributed by atoms with E-state index in [4.69, 9.17) is 12.2 Å². The summed E-state index contributed by atoms with van der Waals surface area (Å²) < 4.78 is 2.37. The topological polar surface area (TPSA) is 74.9 Å². The first-order chi connectivity index (χ1) is 12.7. The van der Waals surface area contributed by atoms with Gasteiger partial charge in [-0.15, -0.1) is 0 Å². The highest BCUT2D eigenvalue weighted by Crippen LogP contribution is 2.32. The molecule has 3 rings (SSSR count). The van der Waals surface area contributed by atoms with Crippen LogP contribution in [0, 0.1) is 4.77 Å². The van der Waals surface area contributed by atoms with E-state index in [2.05, 4.69) is 32.7 Å². The van der Waals surface area contributed by atoms with Gasteiger partial charge in [-0.3, -0.25) is 19.8 Å². The van der Waals surface area contributed by atoms with Gasteiger partial charge in [-0.2, -0.15) is 0 Å². The lowest BCUT2D eigenvalue weighted by molar-refractivity contribution is 0.629. The molecule has 2 aromatic rings. The zero-order valence-corrected chi connectivity index (χ0v) is 15.3. The third kappa shape index (κ3) is 4.11. The SMILES string of the molecule is C=NCCCn1c(-c2ccccc2C2CCN=CC=N2)cc(=O)[nH]c1=S. The van der Waals surface area contributed by atoms with Gasteiger partial charge in [0.1, 0.15) is 0 Å². The number of aromatic nitrogens is 2. The van der Waals surface area contributed by atoms with Crippen LogP contribution < -0.4 is 5.56 Å². The maximum Gasteiger partial charge on any atom is 0.252 e. The number of benzene rings is 1. The third-order valence-electron chi connectivity index (χ3n) is 4.30. The van der Waals surface area contributed by atoms with E-state index in [9.17, 15) is 4.79 Å². The smallest absolute Gasteiger partial charge is 0.252 e. The molecule has 1 aromatic carbocycles. The summed E-state index contributed by atoms with van der Waals surface area (Å²) in [4.78, 5) is 27.6. The van der Waals surface area contributed by atoms with Crippen molar-refractivity contribution in [3.8, 4) is 11.3 Å². The molecule has 0 saturated heterocycles. The Labute approximate surface area is 157 Å². The first-order valence-electron chi connectivity index (χ1n) is 8.58. The minimum absolute atomic E-state index is 0.00449. The first kappa shape index (κ1) is 18.1. The van der Waals surface area contributed by atoms with Gasteiger partial charge in [0.05, 0.1) is 11.7 Å². The van der Waals surface area contributed by atoms with Gasteiger partial charge in [0.25, 0.3) is 5.56 Å². The highest BCUT2D eigenvalue weighted by atomic mass is 32.1. The second kappa shape index (κ2) is 8.62. The maximum absolute atomic E-state index is 12.1. The summed E-state index contributed by atoms with van der Waals surface area (Å²) >= 11 is 5.41. The lowest BCUT2D eigenvalue weighted by Crippen LogP contribution is -2.16. The van der Waals surface area contributed by atoms with E-state index in [0.717, 1.165) is 36.2 Å². The van der Waals surface area contributed by atoms with E-state index in [1.807, 2.05) is 22.8 Å². The third-order valence-corrected chi connectivity index (χ3v) is 4.62. The maximum atomic E-state index is 12.1. The van der Waals surface area contributed by atoms with E-state index in [1.165, 1.54) is 0 Å². The van der Waals surface area contributed by atoms with E-state index in [1.54, 1.807) is 18.5 Å². The lowest BCUT2D eigenvalue weighted by Gasteiger charge is -2.19. The summed E-state index contributed by atoms with van der Waals surface area (Å²) in [6.45, 7) is 5.56. The summed E-state index contributed by atoms with van der Waals surface area (Å²) in [7, 11) is 0. The second-order valence-corrected chi connectivity index (χ2v) is 6.41.